The number of hydrogen-bond donors (Lipinski definition) is 1. The molecule has 19 heavy (non-hydrogen) atoms. The van der Waals surface area contributed by atoms with Gasteiger partial charge in [0.2, 0.25) is 0 Å². The van der Waals surface area contributed by atoms with Crippen LogP contribution in [0.2, 0.25) is 0 Å². The number of benzene rings is 1. The van der Waals surface area contributed by atoms with E-state index >= 15 is 0 Å². The summed E-state index contributed by atoms with van der Waals surface area (Å²) in [6.07, 6.45) is 0. The summed E-state index contributed by atoms with van der Waals surface area (Å²) in [4.78, 5) is 11.7. The molecule has 1 aromatic heterocycles. The fourth-order valence-electron chi connectivity index (χ4n) is 1.64. The highest BCUT2D eigenvalue weighted by Crippen LogP contribution is 2.23. The van der Waals surface area contributed by atoms with Crippen molar-refractivity contribution >= 4 is 21.9 Å². The maximum atomic E-state index is 13.5. The molecule has 0 bridgehead atoms. The second kappa shape index (κ2) is 5.92. The third-order valence-electron chi connectivity index (χ3n) is 2.40. The number of hydrogen-bond acceptors (Lipinski definition) is 4. The Morgan fingerprint density at radius 3 is 2.89 bits per heavy atom. The van der Waals surface area contributed by atoms with Crippen molar-refractivity contribution in [3.63, 3.8) is 0 Å². The van der Waals surface area contributed by atoms with Gasteiger partial charge in [0.15, 0.2) is 5.69 Å². The van der Waals surface area contributed by atoms with Gasteiger partial charge in [-0.1, -0.05) is 15.9 Å². The lowest BCUT2D eigenvalue weighted by Gasteiger charge is -2.03. The van der Waals surface area contributed by atoms with E-state index in [1.54, 1.807) is 13.0 Å². The Labute approximate surface area is 117 Å². The summed E-state index contributed by atoms with van der Waals surface area (Å²) in [6.45, 7) is 1.93. The molecule has 1 N–H and O–H groups in total. The molecule has 0 atom stereocenters. The standard InChI is InChI=1S/C12H11BrFN3O2/c1-2-19-12(18)11-10(15-17-16-11)8-3-7(6-13)4-9(14)5-8/h3-5H,2,6H2,1H3,(H,15,16,17). The number of halogens is 2. The number of alkyl halides is 1. The molecule has 0 saturated carbocycles. The van der Waals surface area contributed by atoms with Crippen molar-refractivity contribution in [3.8, 4) is 11.3 Å². The molecule has 0 unspecified atom stereocenters. The number of ether oxygens (including phenoxy) is 1. The third kappa shape index (κ3) is 2.98. The lowest BCUT2D eigenvalue weighted by atomic mass is 10.1. The Morgan fingerprint density at radius 2 is 2.21 bits per heavy atom. The smallest absolute Gasteiger partial charge is 0.361 e. The number of carbonyl (C=O) groups is 1. The summed E-state index contributed by atoms with van der Waals surface area (Å²) in [5, 5.41) is 10.5. The van der Waals surface area contributed by atoms with Gasteiger partial charge in [0, 0.05) is 10.9 Å². The van der Waals surface area contributed by atoms with Gasteiger partial charge in [0.05, 0.1) is 6.61 Å². The quantitative estimate of drug-likeness (QED) is 0.692. The Kier molecular flexibility index (Phi) is 4.26. The maximum Gasteiger partial charge on any atom is 0.361 e. The van der Waals surface area contributed by atoms with Crippen LogP contribution >= 0.6 is 15.9 Å². The zero-order chi connectivity index (χ0) is 13.8. The molecule has 5 nitrogen and oxygen atoms in total. The van der Waals surface area contributed by atoms with E-state index < -0.39 is 11.8 Å². The van der Waals surface area contributed by atoms with Gasteiger partial charge in [-0.3, -0.25) is 0 Å². The first-order chi connectivity index (χ1) is 9.15. The molecule has 0 aliphatic carbocycles. The summed E-state index contributed by atoms with van der Waals surface area (Å²) < 4.78 is 18.4. The van der Waals surface area contributed by atoms with Gasteiger partial charge in [0.25, 0.3) is 0 Å². The monoisotopic (exact) mass is 327 g/mol. The summed E-state index contributed by atoms with van der Waals surface area (Å²) in [5.41, 5.74) is 1.55. The van der Waals surface area contributed by atoms with Crippen LogP contribution in [0.15, 0.2) is 18.2 Å². The van der Waals surface area contributed by atoms with E-state index in [-0.39, 0.29) is 18.0 Å². The predicted octanol–water partition coefficient (Wildman–Crippen LogP) is 2.68. The van der Waals surface area contributed by atoms with E-state index in [0.29, 0.717) is 10.9 Å². The number of esters is 1. The first-order valence-corrected chi connectivity index (χ1v) is 6.71. The van der Waals surface area contributed by atoms with Crippen LogP contribution in [0.5, 0.6) is 0 Å². The molecule has 0 spiro atoms. The molecule has 1 aromatic carbocycles. The van der Waals surface area contributed by atoms with Crippen LogP contribution in [0.3, 0.4) is 0 Å². The maximum absolute atomic E-state index is 13.5. The largest absolute Gasteiger partial charge is 0.461 e. The van der Waals surface area contributed by atoms with E-state index in [2.05, 4.69) is 31.3 Å². The highest BCUT2D eigenvalue weighted by molar-refractivity contribution is 9.08. The first-order valence-electron chi connectivity index (χ1n) is 5.59. The van der Waals surface area contributed by atoms with Crippen molar-refractivity contribution < 1.29 is 13.9 Å². The van der Waals surface area contributed by atoms with Gasteiger partial charge in [-0.25, -0.2) is 9.18 Å². The molecule has 2 aromatic rings. The zero-order valence-electron chi connectivity index (χ0n) is 10.1. The molecule has 7 heteroatoms. The topological polar surface area (TPSA) is 67.9 Å². The van der Waals surface area contributed by atoms with Crippen molar-refractivity contribution in [2.75, 3.05) is 6.61 Å². The number of nitrogens with zero attached hydrogens (tertiary/aromatic N) is 2. The Morgan fingerprint density at radius 1 is 1.42 bits per heavy atom. The van der Waals surface area contributed by atoms with Crippen LogP contribution < -0.4 is 0 Å². The van der Waals surface area contributed by atoms with Crippen molar-refractivity contribution in [2.24, 2.45) is 0 Å². The minimum Gasteiger partial charge on any atom is -0.461 e. The van der Waals surface area contributed by atoms with Gasteiger partial charge >= 0.3 is 5.97 Å². The minimum atomic E-state index is -0.587. The molecule has 0 saturated heterocycles. The highest BCUT2D eigenvalue weighted by Gasteiger charge is 2.19. The van der Waals surface area contributed by atoms with Crippen LogP contribution in [0, 0.1) is 5.82 Å². The summed E-state index contributed by atoms with van der Waals surface area (Å²) in [5.74, 6) is -0.985. The zero-order valence-corrected chi connectivity index (χ0v) is 11.7. The van der Waals surface area contributed by atoms with Gasteiger partial charge in [0.1, 0.15) is 11.5 Å². The van der Waals surface area contributed by atoms with Crippen LogP contribution in [0.4, 0.5) is 4.39 Å². The fraction of sp³-hybridized carbons (Fsp3) is 0.250. The van der Waals surface area contributed by atoms with Gasteiger partial charge in [-0.15, -0.1) is 5.10 Å². The van der Waals surface area contributed by atoms with Crippen LogP contribution in [0.25, 0.3) is 11.3 Å². The van der Waals surface area contributed by atoms with E-state index in [1.165, 1.54) is 12.1 Å². The molecular formula is C12H11BrFN3O2. The van der Waals surface area contributed by atoms with Crippen LogP contribution in [0.1, 0.15) is 23.0 Å². The lowest BCUT2D eigenvalue weighted by Crippen LogP contribution is -2.06. The summed E-state index contributed by atoms with van der Waals surface area (Å²) in [6, 6.07) is 4.44. The number of aromatic amines is 1. The van der Waals surface area contributed by atoms with E-state index in [9.17, 15) is 9.18 Å². The Hall–Kier alpha value is -1.76. The Balaban J connectivity index is 2.45. The second-order valence-corrected chi connectivity index (χ2v) is 4.28. The lowest BCUT2D eigenvalue weighted by molar-refractivity contribution is 0.0520. The van der Waals surface area contributed by atoms with E-state index in [0.717, 1.165) is 5.56 Å². The van der Waals surface area contributed by atoms with Crippen molar-refractivity contribution in [3.05, 3.63) is 35.3 Å². The number of H-pyrrole nitrogens is 1. The minimum absolute atomic E-state index is 0.0490. The molecule has 0 aliphatic rings. The van der Waals surface area contributed by atoms with Crippen molar-refractivity contribution in [2.45, 2.75) is 12.3 Å². The average Bonchev–Trinajstić information content (AvgIpc) is 2.87. The third-order valence-corrected chi connectivity index (χ3v) is 3.05. The Bertz CT molecular complexity index is 600. The molecule has 0 radical (unpaired) electrons. The molecule has 0 amide bonds. The first kappa shape index (κ1) is 13.7. The molecule has 0 aliphatic heterocycles. The van der Waals surface area contributed by atoms with Gasteiger partial charge in [-0.05, 0) is 30.7 Å². The van der Waals surface area contributed by atoms with E-state index in [4.69, 9.17) is 4.74 Å². The molecule has 1 heterocycles. The number of nitrogens with one attached hydrogen (secondary N) is 1. The second-order valence-electron chi connectivity index (χ2n) is 3.72. The van der Waals surface area contributed by atoms with Crippen LogP contribution in [-0.2, 0) is 10.1 Å². The van der Waals surface area contributed by atoms with Gasteiger partial charge in [-0.2, -0.15) is 10.3 Å². The molecule has 100 valence electrons. The highest BCUT2D eigenvalue weighted by atomic mass is 79.9. The van der Waals surface area contributed by atoms with E-state index in [1.807, 2.05) is 0 Å². The van der Waals surface area contributed by atoms with Crippen molar-refractivity contribution in [1.82, 2.24) is 15.4 Å². The number of rotatable bonds is 4. The van der Waals surface area contributed by atoms with Gasteiger partial charge < -0.3 is 4.74 Å². The average molecular weight is 328 g/mol. The summed E-state index contributed by atoms with van der Waals surface area (Å²) in [7, 11) is 0. The normalized spacial score (nSPS) is 10.5. The van der Waals surface area contributed by atoms with Crippen molar-refractivity contribution in [1.29, 1.82) is 0 Å². The summed E-state index contributed by atoms with van der Waals surface area (Å²) >= 11 is 3.26. The number of aromatic nitrogens is 3. The molecular weight excluding hydrogens is 317 g/mol. The molecule has 0 fully saturated rings. The number of carbonyl (C=O) groups excluding carboxylic acids is 1. The predicted molar refractivity (Wildman–Crippen MR) is 70.4 cm³/mol. The SMILES string of the molecule is CCOC(=O)c1n[nH]nc1-c1cc(F)cc(CBr)c1. The fourth-order valence-corrected chi connectivity index (χ4v) is 1.96. The molecule has 2 rings (SSSR count). The van der Waals surface area contributed by atoms with Crippen LogP contribution in [-0.4, -0.2) is 28.0 Å².